The molecule has 2 aromatic rings. The first-order chi connectivity index (χ1) is 9.15. The average Bonchev–Trinajstić information content (AvgIpc) is 3.03. The van der Waals surface area contributed by atoms with Crippen molar-refractivity contribution in [2.45, 2.75) is 31.6 Å². The lowest BCUT2D eigenvalue weighted by Crippen LogP contribution is -2.05. The van der Waals surface area contributed by atoms with Gasteiger partial charge in [-0.3, -0.25) is 4.68 Å². The monoisotopic (exact) mass is 321 g/mol. The summed E-state index contributed by atoms with van der Waals surface area (Å²) < 4.78 is 2.60. The number of hydrogen-bond donors (Lipinski definition) is 1. The molecule has 1 saturated carbocycles. The lowest BCUT2D eigenvalue weighted by molar-refractivity contribution is 0.691. The summed E-state index contributed by atoms with van der Waals surface area (Å²) in [6.45, 7) is 0. The second-order valence-corrected chi connectivity index (χ2v) is 5.81. The zero-order valence-corrected chi connectivity index (χ0v) is 12.4. The van der Waals surface area contributed by atoms with Crippen molar-refractivity contribution in [2.24, 2.45) is 7.05 Å². The van der Waals surface area contributed by atoms with Crippen molar-refractivity contribution in [3.63, 3.8) is 0 Å². The van der Waals surface area contributed by atoms with Crippen molar-refractivity contribution in [1.82, 2.24) is 19.7 Å². The maximum absolute atomic E-state index is 6.01. The van der Waals surface area contributed by atoms with E-state index in [1.54, 1.807) is 10.9 Å². The standard InChI is InChI=1S/C13H16BrN5/c1-19-7-9(6-16-19)13-17-11(8-4-2-3-5-8)10(14)12(15)18-13/h6-8H,2-5H2,1H3,(H2,15,17,18). The summed E-state index contributed by atoms with van der Waals surface area (Å²) in [5, 5.41) is 4.16. The number of halogens is 1. The SMILES string of the molecule is Cn1cc(-c2nc(N)c(Br)c(C3CCCC3)n2)cn1. The van der Waals surface area contributed by atoms with Gasteiger partial charge in [0.1, 0.15) is 5.82 Å². The second kappa shape index (κ2) is 4.92. The highest BCUT2D eigenvalue weighted by atomic mass is 79.9. The molecule has 0 atom stereocenters. The molecule has 2 heterocycles. The maximum Gasteiger partial charge on any atom is 0.165 e. The lowest BCUT2D eigenvalue weighted by Gasteiger charge is -2.13. The van der Waals surface area contributed by atoms with Gasteiger partial charge in [-0.05, 0) is 28.8 Å². The molecule has 0 saturated heterocycles. The van der Waals surface area contributed by atoms with Crippen molar-refractivity contribution < 1.29 is 0 Å². The molecule has 0 radical (unpaired) electrons. The fraction of sp³-hybridized carbons (Fsp3) is 0.462. The molecule has 100 valence electrons. The third kappa shape index (κ3) is 2.36. The molecule has 5 nitrogen and oxygen atoms in total. The Morgan fingerprint density at radius 1 is 1.32 bits per heavy atom. The largest absolute Gasteiger partial charge is 0.383 e. The molecule has 0 aromatic carbocycles. The van der Waals surface area contributed by atoms with Crippen LogP contribution in [0.25, 0.3) is 11.4 Å². The van der Waals surface area contributed by atoms with Gasteiger partial charge in [-0.15, -0.1) is 0 Å². The predicted molar refractivity (Wildman–Crippen MR) is 77.6 cm³/mol. The molecule has 1 aliphatic rings. The van der Waals surface area contributed by atoms with Crippen LogP contribution in [0.5, 0.6) is 0 Å². The highest BCUT2D eigenvalue weighted by Gasteiger charge is 2.23. The van der Waals surface area contributed by atoms with Crippen LogP contribution in [0.1, 0.15) is 37.3 Å². The Morgan fingerprint density at radius 2 is 2.05 bits per heavy atom. The van der Waals surface area contributed by atoms with E-state index >= 15 is 0 Å². The van der Waals surface area contributed by atoms with E-state index in [1.165, 1.54) is 25.7 Å². The van der Waals surface area contributed by atoms with E-state index in [9.17, 15) is 0 Å². The number of nitrogen functional groups attached to an aromatic ring is 1. The van der Waals surface area contributed by atoms with E-state index in [0.29, 0.717) is 17.6 Å². The topological polar surface area (TPSA) is 69.6 Å². The minimum Gasteiger partial charge on any atom is -0.383 e. The van der Waals surface area contributed by atoms with Crippen LogP contribution in [0.2, 0.25) is 0 Å². The zero-order chi connectivity index (χ0) is 13.4. The minimum atomic E-state index is 0.495. The van der Waals surface area contributed by atoms with E-state index in [4.69, 9.17) is 10.7 Å². The molecule has 0 unspecified atom stereocenters. The predicted octanol–water partition coefficient (Wildman–Crippen LogP) is 2.88. The number of rotatable bonds is 2. The Labute approximate surface area is 120 Å². The first-order valence-electron chi connectivity index (χ1n) is 6.47. The fourth-order valence-electron chi connectivity index (χ4n) is 2.62. The molecule has 0 bridgehead atoms. The summed E-state index contributed by atoms with van der Waals surface area (Å²) in [4.78, 5) is 9.06. The number of anilines is 1. The fourth-order valence-corrected chi connectivity index (χ4v) is 3.12. The van der Waals surface area contributed by atoms with Gasteiger partial charge in [-0.2, -0.15) is 5.10 Å². The molecular weight excluding hydrogens is 306 g/mol. The van der Waals surface area contributed by atoms with Gasteiger partial charge in [-0.1, -0.05) is 12.8 Å². The van der Waals surface area contributed by atoms with Gasteiger partial charge in [-0.25, -0.2) is 9.97 Å². The van der Waals surface area contributed by atoms with Crippen LogP contribution in [0, 0.1) is 0 Å². The lowest BCUT2D eigenvalue weighted by atomic mass is 10.0. The first-order valence-corrected chi connectivity index (χ1v) is 7.26. The van der Waals surface area contributed by atoms with Crippen molar-refractivity contribution in [1.29, 1.82) is 0 Å². The quantitative estimate of drug-likeness (QED) is 0.923. The summed E-state index contributed by atoms with van der Waals surface area (Å²) in [6.07, 6.45) is 8.57. The number of aryl methyl sites for hydroxylation is 1. The normalized spacial score (nSPS) is 16.1. The Balaban J connectivity index is 2.06. The molecule has 2 N–H and O–H groups in total. The molecule has 1 fully saturated rings. The smallest absolute Gasteiger partial charge is 0.165 e. The highest BCUT2D eigenvalue weighted by Crippen LogP contribution is 2.38. The number of hydrogen-bond acceptors (Lipinski definition) is 4. The van der Waals surface area contributed by atoms with E-state index in [-0.39, 0.29) is 0 Å². The van der Waals surface area contributed by atoms with E-state index in [1.807, 2.05) is 13.2 Å². The van der Waals surface area contributed by atoms with E-state index in [0.717, 1.165) is 15.7 Å². The van der Waals surface area contributed by atoms with Crippen LogP contribution < -0.4 is 5.73 Å². The Kier molecular flexibility index (Phi) is 3.26. The number of nitrogens with two attached hydrogens (primary N) is 1. The Hall–Kier alpha value is -1.43. The van der Waals surface area contributed by atoms with Crippen LogP contribution >= 0.6 is 15.9 Å². The first kappa shape index (κ1) is 12.6. The van der Waals surface area contributed by atoms with Gasteiger partial charge in [0.05, 0.1) is 21.9 Å². The average molecular weight is 322 g/mol. The van der Waals surface area contributed by atoms with Gasteiger partial charge >= 0.3 is 0 Å². The molecule has 0 spiro atoms. The van der Waals surface area contributed by atoms with Crippen LogP contribution in [0.3, 0.4) is 0 Å². The summed E-state index contributed by atoms with van der Waals surface area (Å²) in [6, 6.07) is 0. The number of aromatic nitrogens is 4. The van der Waals surface area contributed by atoms with Gasteiger partial charge in [0.25, 0.3) is 0 Å². The van der Waals surface area contributed by atoms with Crippen molar-refractivity contribution in [3.8, 4) is 11.4 Å². The Morgan fingerprint density at radius 3 is 2.68 bits per heavy atom. The van der Waals surface area contributed by atoms with Crippen LogP contribution in [-0.4, -0.2) is 19.7 Å². The molecule has 2 aromatic heterocycles. The second-order valence-electron chi connectivity index (χ2n) is 5.02. The van der Waals surface area contributed by atoms with Gasteiger partial charge in [0, 0.05) is 19.2 Å². The molecule has 6 heteroatoms. The van der Waals surface area contributed by atoms with Gasteiger partial charge in [0.2, 0.25) is 0 Å². The van der Waals surface area contributed by atoms with E-state index in [2.05, 4.69) is 26.0 Å². The minimum absolute atomic E-state index is 0.495. The third-order valence-electron chi connectivity index (χ3n) is 3.61. The van der Waals surface area contributed by atoms with Gasteiger partial charge < -0.3 is 5.73 Å². The summed E-state index contributed by atoms with van der Waals surface area (Å²) in [5.41, 5.74) is 7.96. The molecular formula is C13H16BrN5. The summed E-state index contributed by atoms with van der Waals surface area (Å²) in [5.74, 6) is 1.67. The molecule has 0 aliphatic heterocycles. The van der Waals surface area contributed by atoms with Gasteiger partial charge in [0.15, 0.2) is 5.82 Å². The molecule has 3 rings (SSSR count). The third-order valence-corrected chi connectivity index (χ3v) is 4.42. The maximum atomic E-state index is 6.01. The van der Waals surface area contributed by atoms with E-state index < -0.39 is 0 Å². The molecule has 1 aliphatic carbocycles. The zero-order valence-electron chi connectivity index (χ0n) is 10.8. The molecule has 0 amide bonds. The molecule has 19 heavy (non-hydrogen) atoms. The van der Waals surface area contributed by atoms with Crippen LogP contribution in [-0.2, 0) is 7.05 Å². The Bertz CT molecular complexity index is 601. The van der Waals surface area contributed by atoms with Crippen molar-refractivity contribution in [2.75, 3.05) is 5.73 Å². The van der Waals surface area contributed by atoms with Crippen molar-refractivity contribution in [3.05, 3.63) is 22.6 Å². The van der Waals surface area contributed by atoms with Crippen LogP contribution in [0.15, 0.2) is 16.9 Å². The van der Waals surface area contributed by atoms with Crippen LogP contribution in [0.4, 0.5) is 5.82 Å². The number of nitrogens with zero attached hydrogens (tertiary/aromatic N) is 4. The highest BCUT2D eigenvalue weighted by molar-refractivity contribution is 9.10. The summed E-state index contributed by atoms with van der Waals surface area (Å²) >= 11 is 3.53. The summed E-state index contributed by atoms with van der Waals surface area (Å²) in [7, 11) is 1.88. The van der Waals surface area contributed by atoms with Crippen molar-refractivity contribution >= 4 is 21.7 Å².